The average molecular weight is 276 g/mol. The summed E-state index contributed by atoms with van der Waals surface area (Å²) in [5.41, 5.74) is 4.36. The monoisotopic (exact) mass is 276 g/mol. The summed E-state index contributed by atoms with van der Waals surface area (Å²) in [6, 6.07) is 0. The number of hydrogen-bond donors (Lipinski definition) is 1. The Morgan fingerprint density at radius 2 is 2.20 bits per heavy atom. The van der Waals surface area contributed by atoms with Crippen molar-refractivity contribution in [1.29, 1.82) is 0 Å². The fourth-order valence-electron chi connectivity index (χ4n) is 3.82. The molecule has 0 bridgehead atoms. The van der Waals surface area contributed by atoms with Gasteiger partial charge in [0.05, 0.1) is 5.60 Å². The summed E-state index contributed by atoms with van der Waals surface area (Å²) in [5.74, 6) is 0.723. The second kappa shape index (κ2) is 5.87. The van der Waals surface area contributed by atoms with Gasteiger partial charge in [-0.15, -0.1) is 5.73 Å². The van der Waals surface area contributed by atoms with Gasteiger partial charge < -0.3 is 5.11 Å². The largest absolute Gasteiger partial charge is 0.390 e. The number of ketones is 1. The Morgan fingerprint density at radius 3 is 2.90 bits per heavy atom. The molecule has 0 saturated heterocycles. The van der Waals surface area contributed by atoms with Gasteiger partial charge in [0, 0.05) is 17.8 Å². The number of carbonyl (C=O) groups excluding carboxylic acids is 1. The molecule has 0 unspecified atom stereocenters. The second-order valence-electron chi connectivity index (χ2n) is 7.36. The number of rotatable bonds is 4. The van der Waals surface area contributed by atoms with E-state index in [-0.39, 0.29) is 11.3 Å². The zero-order chi connectivity index (χ0) is 14.8. The van der Waals surface area contributed by atoms with Crippen molar-refractivity contribution < 1.29 is 9.90 Å². The van der Waals surface area contributed by atoms with Gasteiger partial charge in [-0.3, -0.25) is 4.79 Å². The Hall–Kier alpha value is -0.850. The van der Waals surface area contributed by atoms with Crippen LogP contribution < -0.4 is 0 Å². The van der Waals surface area contributed by atoms with Crippen LogP contribution in [0.5, 0.6) is 0 Å². The van der Waals surface area contributed by atoms with Gasteiger partial charge in [-0.05, 0) is 70.4 Å². The average Bonchev–Trinajstić information content (AvgIpc) is 2.66. The Morgan fingerprint density at radius 1 is 1.45 bits per heavy atom. The SMILES string of the molecule is CC(C)(O)CCCC=C=C1CC[C@H]2C(=O)CCC[C@]12C. The minimum absolute atomic E-state index is 0.0854. The van der Waals surface area contributed by atoms with Crippen LogP contribution in [0.3, 0.4) is 0 Å². The maximum atomic E-state index is 12.0. The third-order valence-corrected chi connectivity index (χ3v) is 5.06. The van der Waals surface area contributed by atoms with Gasteiger partial charge in [-0.2, -0.15) is 0 Å². The van der Waals surface area contributed by atoms with Crippen LogP contribution in [0.2, 0.25) is 0 Å². The molecule has 0 spiro atoms. The van der Waals surface area contributed by atoms with Gasteiger partial charge in [0.2, 0.25) is 0 Å². The Balaban J connectivity index is 1.98. The van der Waals surface area contributed by atoms with Gasteiger partial charge in [-0.25, -0.2) is 0 Å². The van der Waals surface area contributed by atoms with E-state index in [1.54, 1.807) is 0 Å². The van der Waals surface area contributed by atoms with Crippen LogP contribution in [0.15, 0.2) is 17.4 Å². The molecule has 0 radical (unpaired) electrons. The predicted octanol–water partition coefficient (Wildman–Crippen LogP) is 4.18. The van der Waals surface area contributed by atoms with Crippen LogP contribution in [0.25, 0.3) is 0 Å². The molecule has 0 aromatic carbocycles. The minimum Gasteiger partial charge on any atom is -0.390 e. The van der Waals surface area contributed by atoms with E-state index in [0.717, 1.165) is 51.4 Å². The van der Waals surface area contributed by atoms with Crippen molar-refractivity contribution in [1.82, 2.24) is 0 Å². The fraction of sp³-hybridized carbons (Fsp3) is 0.778. The number of Topliss-reactive ketones (excluding diaryl/α,β-unsaturated/α-hetero) is 1. The lowest BCUT2D eigenvalue weighted by Crippen LogP contribution is -2.33. The van der Waals surface area contributed by atoms with E-state index in [2.05, 4.69) is 18.7 Å². The maximum Gasteiger partial charge on any atom is 0.136 e. The number of unbranched alkanes of at least 4 members (excludes halogenated alkanes) is 1. The lowest BCUT2D eigenvalue weighted by atomic mass is 9.67. The van der Waals surface area contributed by atoms with Crippen LogP contribution in [0.4, 0.5) is 0 Å². The molecular formula is C18H28O2. The zero-order valence-electron chi connectivity index (χ0n) is 13.2. The van der Waals surface area contributed by atoms with E-state index >= 15 is 0 Å². The van der Waals surface area contributed by atoms with Crippen LogP contribution >= 0.6 is 0 Å². The van der Waals surface area contributed by atoms with Crippen molar-refractivity contribution in [2.75, 3.05) is 0 Å². The van der Waals surface area contributed by atoms with E-state index in [0.29, 0.717) is 5.78 Å². The van der Waals surface area contributed by atoms with Crippen molar-refractivity contribution in [3.63, 3.8) is 0 Å². The number of carbonyl (C=O) groups is 1. The van der Waals surface area contributed by atoms with E-state index in [9.17, 15) is 9.90 Å². The van der Waals surface area contributed by atoms with Crippen LogP contribution in [-0.4, -0.2) is 16.5 Å². The Bertz CT molecular complexity index is 435. The lowest BCUT2D eigenvalue weighted by molar-refractivity contribution is -0.127. The van der Waals surface area contributed by atoms with Gasteiger partial charge >= 0.3 is 0 Å². The van der Waals surface area contributed by atoms with Crippen molar-refractivity contribution in [2.24, 2.45) is 11.3 Å². The van der Waals surface area contributed by atoms with Crippen molar-refractivity contribution >= 4 is 5.78 Å². The minimum atomic E-state index is -0.568. The first kappa shape index (κ1) is 15.5. The molecule has 0 aromatic heterocycles. The summed E-state index contributed by atoms with van der Waals surface area (Å²) in [6.45, 7) is 5.96. The molecule has 1 N–H and O–H groups in total. The molecule has 0 aromatic rings. The number of fused-ring (bicyclic) bond motifs is 1. The number of aliphatic hydroxyl groups is 1. The van der Waals surface area contributed by atoms with Gasteiger partial charge in [-0.1, -0.05) is 6.92 Å². The number of allylic oxidation sites excluding steroid dienone is 1. The van der Waals surface area contributed by atoms with Crippen LogP contribution in [0.1, 0.15) is 72.1 Å². The quantitative estimate of drug-likeness (QED) is 0.618. The zero-order valence-corrected chi connectivity index (χ0v) is 13.2. The summed E-state index contributed by atoms with van der Waals surface area (Å²) < 4.78 is 0. The Kier molecular flexibility index (Phi) is 4.56. The van der Waals surface area contributed by atoms with E-state index in [1.807, 2.05) is 13.8 Å². The third-order valence-electron chi connectivity index (χ3n) is 5.06. The van der Waals surface area contributed by atoms with Gasteiger partial charge in [0.25, 0.3) is 0 Å². The third kappa shape index (κ3) is 3.42. The van der Waals surface area contributed by atoms with Crippen molar-refractivity contribution in [3.8, 4) is 0 Å². The molecule has 0 amide bonds. The first-order chi connectivity index (χ1) is 9.33. The molecule has 2 aliphatic rings. The molecule has 20 heavy (non-hydrogen) atoms. The van der Waals surface area contributed by atoms with Crippen molar-refractivity contribution in [2.45, 2.75) is 77.7 Å². The van der Waals surface area contributed by atoms with E-state index in [4.69, 9.17) is 0 Å². The molecule has 2 nitrogen and oxygen atoms in total. The molecule has 112 valence electrons. The summed E-state index contributed by atoms with van der Waals surface area (Å²) in [5, 5.41) is 9.68. The molecule has 0 heterocycles. The smallest absolute Gasteiger partial charge is 0.136 e. The summed E-state index contributed by atoms with van der Waals surface area (Å²) >= 11 is 0. The van der Waals surface area contributed by atoms with E-state index in [1.165, 1.54) is 5.57 Å². The highest BCUT2D eigenvalue weighted by Crippen LogP contribution is 2.53. The predicted molar refractivity (Wildman–Crippen MR) is 81.4 cm³/mol. The van der Waals surface area contributed by atoms with E-state index < -0.39 is 5.60 Å². The first-order valence-corrected chi connectivity index (χ1v) is 8.02. The molecule has 2 fully saturated rings. The summed E-state index contributed by atoms with van der Waals surface area (Å²) in [6.07, 6.45) is 9.91. The molecule has 2 aliphatic carbocycles. The second-order valence-corrected chi connectivity index (χ2v) is 7.36. The topological polar surface area (TPSA) is 37.3 Å². The fourth-order valence-corrected chi connectivity index (χ4v) is 3.82. The maximum absolute atomic E-state index is 12.0. The molecule has 2 heteroatoms. The molecular weight excluding hydrogens is 248 g/mol. The highest BCUT2D eigenvalue weighted by atomic mass is 16.3. The van der Waals surface area contributed by atoms with Crippen LogP contribution in [-0.2, 0) is 4.79 Å². The normalized spacial score (nSPS) is 30.1. The molecule has 2 saturated carbocycles. The lowest BCUT2D eigenvalue weighted by Gasteiger charge is -2.35. The molecule has 2 atom stereocenters. The summed E-state index contributed by atoms with van der Waals surface area (Å²) in [4.78, 5) is 12.0. The number of hydrogen-bond acceptors (Lipinski definition) is 2. The van der Waals surface area contributed by atoms with Crippen LogP contribution in [0, 0.1) is 11.3 Å². The molecule has 2 rings (SSSR count). The highest BCUT2D eigenvalue weighted by Gasteiger charge is 2.47. The first-order valence-electron chi connectivity index (χ1n) is 8.02. The van der Waals surface area contributed by atoms with Gasteiger partial charge in [0.15, 0.2) is 0 Å². The molecule has 0 aliphatic heterocycles. The van der Waals surface area contributed by atoms with Gasteiger partial charge in [0.1, 0.15) is 5.78 Å². The Labute approximate surface area is 123 Å². The highest BCUT2D eigenvalue weighted by molar-refractivity contribution is 5.83. The standard InChI is InChI=1S/C18H28O2/c1-17(2,20)12-6-4-5-8-14-10-11-15-16(19)9-7-13-18(14,15)3/h5,15,20H,4,6-7,9-13H2,1-3H3/t8?,15-,18+/m0/s1. The van der Waals surface area contributed by atoms with Crippen molar-refractivity contribution in [3.05, 3.63) is 17.4 Å². The summed E-state index contributed by atoms with van der Waals surface area (Å²) in [7, 11) is 0.